The van der Waals surface area contributed by atoms with Gasteiger partial charge in [-0.1, -0.05) is 124 Å². The van der Waals surface area contributed by atoms with E-state index in [1.54, 1.807) is 6.07 Å². The topological polar surface area (TPSA) is 50.9 Å². The van der Waals surface area contributed by atoms with Crippen LogP contribution in [-0.4, -0.2) is 19.9 Å². The molecule has 196 valence electrons. The van der Waals surface area contributed by atoms with Crippen LogP contribution in [0.15, 0.2) is 127 Å². The molecule has 0 spiro atoms. The number of nitrogens with zero attached hydrogens (tertiary/aromatic N) is 3. The molecule has 0 amide bonds. The van der Waals surface area contributed by atoms with Crippen LogP contribution in [0.1, 0.15) is 26.3 Å². The molecule has 0 aliphatic rings. The predicted octanol–water partition coefficient (Wildman–Crippen LogP) is 8.94. The average Bonchev–Trinajstić information content (AvgIpc) is 3.43. The van der Waals surface area contributed by atoms with Crippen LogP contribution in [0, 0.1) is 0 Å². The van der Waals surface area contributed by atoms with Gasteiger partial charge in [0.25, 0.3) is 0 Å². The van der Waals surface area contributed by atoms with E-state index in [-0.39, 0.29) is 11.2 Å². The fourth-order valence-corrected chi connectivity index (χ4v) is 4.96. The van der Waals surface area contributed by atoms with Crippen LogP contribution in [0.25, 0.3) is 50.7 Å². The summed E-state index contributed by atoms with van der Waals surface area (Å²) in [6.45, 7) is 6.68. The number of hydrogen-bond donors (Lipinski definition) is 1. The standard InChI is InChI=1S/C36H31N3O/c1-36(2,3)30-21-17-27(18-22-30)26-13-15-29(16-14-26)34-37-38-35(32-11-7-8-12-33(32)40)39(34)31-23-19-28(20-24-31)25-9-5-4-6-10-25/h4-24,40H,1-3H3. The lowest BCUT2D eigenvalue weighted by Crippen LogP contribution is -2.10. The molecule has 0 atom stereocenters. The number of phenols is 1. The van der Waals surface area contributed by atoms with Crippen LogP contribution in [0.4, 0.5) is 0 Å². The predicted molar refractivity (Wildman–Crippen MR) is 163 cm³/mol. The van der Waals surface area contributed by atoms with Crippen LogP contribution in [0.3, 0.4) is 0 Å². The third-order valence-corrected chi connectivity index (χ3v) is 7.27. The van der Waals surface area contributed by atoms with Gasteiger partial charge < -0.3 is 5.11 Å². The first-order valence-corrected chi connectivity index (χ1v) is 13.5. The molecule has 0 aliphatic heterocycles. The smallest absolute Gasteiger partial charge is 0.172 e. The Hall–Kier alpha value is -4.96. The van der Waals surface area contributed by atoms with Crippen LogP contribution in [-0.2, 0) is 5.41 Å². The summed E-state index contributed by atoms with van der Waals surface area (Å²) in [5.74, 6) is 1.46. The van der Waals surface area contributed by atoms with Crippen molar-refractivity contribution in [1.82, 2.24) is 14.8 Å². The lowest BCUT2D eigenvalue weighted by atomic mass is 9.86. The fourth-order valence-electron chi connectivity index (χ4n) is 4.96. The van der Waals surface area contributed by atoms with Gasteiger partial charge in [0.15, 0.2) is 11.6 Å². The largest absolute Gasteiger partial charge is 0.507 e. The molecule has 1 aromatic heterocycles. The lowest BCUT2D eigenvalue weighted by Gasteiger charge is -2.19. The molecule has 1 heterocycles. The summed E-state index contributed by atoms with van der Waals surface area (Å²) in [5.41, 5.74) is 8.53. The molecule has 0 fully saturated rings. The van der Waals surface area contributed by atoms with Gasteiger partial charge in [-0.2, -0.15) is 0 Å². The molecule has 5 aromatic carbocycles. The fraction of sp³-hybridized carbons (Fsp3) is 0.111. The molecule has 40 heavy (non-hydrogen) atoms. The van der Waals surface area contributed by atoms with Gasteiger partial charge >= 0.3 is 0 Å². The molecule has 4 heteroatoms. The molecule has 0 aliphatic carbocycles. The Morgan fingerprint density at radius 3 is 1.57 bits per heavy atom. The van der Waals surface area contributed by atoms with Gasteiger partial charge in [0, 0.05) is 11.3 Å². The minimum atomic E-state index is 0.122. The van der Waals surface area contributed by atoms with Crippen molar-refractivity contribution in [2.75, 3.05) is 0 Å². The van der Waals surface area contributed by atoms with Gasteiger partial charge in [-0.3, -0.25) is 4.57 Å². The number of phenolic OH excluding ortho intramolecular Hbond substituents is 1. The van der Waals surface area contributed by atoms with E-state index in [1.807, 2.05) is 41.0 Å². The van der Waals surface area contributed by atoms with Crippen molar-refractivity contribution in [3.8, 4) is 56.5 Å². The van der Waals surface area contributed by atoms with E-state index in [0.717, 1.165) is 27.9 Å². The first-order chi connectivity index (χ1) is 19.4. The van der Waals surface area contributed by atoms with Crippen LogP contribution < -0.4 is 0 Å². The van der Waals surface area contributed by atoms with Crippen molar-refractivity contribution >= 4 is 0 Å². The number of benzene rings is 5. The molecule has 4 nitrogen and oxygen atoms in total. The monoisotopic (exact) mass is 521 g/mol. The summed E-state index contributed by atoms with van der Waals surface area (Å²) in [7, 11) is 0. The van der Waals surface area contributed by atoms with Gasteiger partial charge in [-0.15, -0.1) is 10.2 Å². The van der Waals surface area contributed by atoms with Crippen LogP contribution in [0.5, 0.6) is 5.75 Å². The minimum Gasteiger partial charge on any atom is -0.507 e. The lowest BCUT2D eigenvalue weighted by molar-refractivity contribution is 0.476. The molecule has 0 saturated carbocycles. The molecule has 1 N–H and O–H groups in total. The van der Waals surface area contributed by atoms with Crippen LogP contribution in [0.2, 0.25) is 0 Å². The summed E-state index contributed by atoms with van der Waals surface area (Å²) >= 11 is 0. The highest BCUT2D eigenvalue weighted by Gasteiger charge is 2.20. The maximum atomic E-state index is 10.7. The minimum absolute atomic E-state index is 0.122. The van der Waals surface area contributed by atoms with E-state index in [2.05, 4.69) is 116 Å². The number of para-hydroxylation sites is 1. The van der Waals surface area contributed by atoms with E-state index < -0.39 is 0 Å². The Kier molecular flexibility index (Phi) is 6.53. The highest BCUT2D eigenvalue weighted by atomic mass is 16.3. The second-order valence-corrected chi connectivity index (χ2v) is 11.0. The molecule has 0 radical (unpaired) electrons. The van der Waals surface area contributed by atoms with Crippen molar-refractivity contribution in [1.29, 1.82) is 0 Å². The maximum absolute atomic E-state index is 10.7. The highest BCUT2D eigenvalue weighted by Crippen LogP contribution is 2.34. The quantitative estimate of drug-likeness (QED) is 0.246. The Balaban J connectivity index is 1.41. The first-order valence-electron chi connectivity index (χ1n) is 13.5. The number of hydrogen-bond acceptors (Lipinski definition) is 3. The van der Waals surface area contributed by atoms with E-state index in [4.69, 9.17) is 0 Å². The summed E-state index contributed by atoms with van der Waals surface area (Å²) in [6.07, 6.45) is 0. The van der Waals surface area contributed by atoms with Gasteiger partial charge in [0.1, 0.15) is 5.75 Å². The summed E-state index contributed by atoms with van der Waals surface area (Å²) in [5, 5.41) is 19.8. The van der Waals surface area contributed by atoms with Crippen molar-refractivity contribution in [3.05, 3.63) is 133 Å². The molecular weight excluding hydrogens is 490 g/mol. The van der Waals surface area contributed by atoms with E-state index in [1.165, 1.54) is 11.1 Å². The molecule has 0 saturated heterocycles. The van der Waals surface area contributed by atoms with Crippen molar-refractivity contribution in [2.45, 2.75) is 26.2 Å². The molecular formula is C36H31N3O. The van der Waals surface area contributed by atoms with E-state index in [9.17, 15) is 5.11 Å². The number of aromatic hydroxyl groups is 1. The van der Waals surface area contributed by atoms with Crippen molar-refractivity contribution < 1.29 is 5.11 Å². The van der Waals surface area contributed by atoms with Gasteiger partial charge in [0.2, 0.25) is 0 Å². The first kappa shape index (κ1) is 25.3. The van der Waals surface area contributed by atoms with Gasteiger partial charge in [0.05, 0.1) is 5.56 Å². The Morgan fingerprint density at radius 1 is 0.500 bits per heavy atom. The molecule has 6 aromatic rings. The second kappa shape index (κ2) is 10.3. The third kappa shape index (κ3) is 4.92. The Morgan fingerprint density at radius 2 is 0.975 bits per heavy atom. The maximum Gasteiger partial charge on any atom is 0.172 e. The van der Waals surface area contributed by atoms with Gasteiger partial charge in [-0.25, -0.2) is 0 Å². The normalized spacial score (nSPS) is 11.5. The van der Waals surface area contributed by atoms with Crippen molar-refractivity contribution in [3.63, 3.8) is 0 Å². The average molecular weight is 522 g/mol. The number of rotatable bonds is 5. The second-order valence-electron chi connectivity index (χ2n) is 11.0. The summed E-state index contributed by atoms with van der Waals surface area (Å²) in [6, 6.07) is 43.1. The third-order valence-electron chi connectivity index (χ3n) is 7.27. The highest BCUT2D eigenvalue weighted by molar-refractivity contribution is 5.73. The summed E-state index contributed by atoms with van der Waals surface area (Å²) in [4.78, 5) is 0. The SMILES string of the molecule is CC(C)(C)c1ccc(-c2ccc(-c3nnc(-c4ccccc4O)n3-c3ccc(-c4ccccc4)cc3)cc2)cc1. The zero-order chi connectivity index (χ0) is 27.7. The zero-order valence-corrected chi connectivity index (χ0v) is 22.9. The molecule has 6 rings (SSSR count). The summed E-state index contributed by atoms with van der Waals surface area (Å²) < 4.78 is 2.01. The Labute approximate surface area is 235 Å². The number of aromatic nitrogens is 3. The molecule has 0 unspecified atom stereocenters. The van der Waals surface area contributed by atoms with Crippen molar-refractivity contribution in [2.24, 2.45) is 0 Å². The molecule has 0 bridgehead atoms. The van der Waals surface area contributed by atoms with Gasteiger partial charge in [-0.05, 0) is 57.5 Å². The van der Waals surface area contributed by atoms with E-state index in [0.29, 0.717) is 17.2 Å². The Bertz CT molecular complexity index is 1740. The van der Waals surface area contributed by atoms with Crippen LogP contribution >= 0.6 is 0 Å². The zero-order valence-electron chi connectivity index (χ0n) is 22.9. The van der Waals surface area contributed by atoms with E-state index >= 15 is 0 Å².